The van der Waals surface area contributed by atoms with Crippen molar-refractivity contribution in [1.29, 1.82) is 0 Å². The predicted octanol–water partition coefficient (Wildman–Crippen LogP) is 5.29. The zero-order valence-electron chi connectivity index (χ0n) is 17.0. The van der Waals surface area contributed by atoms with Crippen LogP contribution in [-0.4, -0.2) is 21.9 Å². The van der Waals surface area contributed by atoms with Crippen LogP contribution in [0.5, 0.6) is 5.75 Å². The van der Waals surface area contributed by atoms with Gasteiger partial charge in [-0.05, 0) is 55.3 Å². The zero-order chi connectivity index (χ0) is 22.3. The first-order valence-corrected chi connectivity index (χ1v) is 10.1. The number of aromatic hydroxyl groups is 1. The first kappa shape index (κ1) is 20.7. The first-order valence-electron chi connectivity index (χ1n) is 9.71. The Bertz CT molecular complexity index is 1230. The standard InChI is InChI=1S/C25H20ClNO4/c1-14-6-11-20(15(2)12-14)27-22(16-7-9-19(28)10-8-16)21(24(30)25(27)31)23(29)17-4-3-5-18(26)13-17/h3-13,22,28-29H,1-2H3/b23-21+. The quantitative estimate of drug-likeness (QED) is 0.334. The Morgan fingerprint density at radius 1 is 0.968 bits per heavy atom. The molecule has 5 nitrogen and oxygen atoms in total. The molecule has 0 bridgehead atoms. The number of hydrogen-bond acceptors (Lipinski definition) is 4. The van der Waals surface area contributed by atoms with Gasteiger partial charge in [-0.3, -0.25) is 14.5 Å². The third-order valence-electron chi connectivity index (χ3n) is 5.36. The highest BCUT2D eigenvalue weighted by Gasteiger charge is 2.47. The number of benzene rings is 3. The Hall–Kier alpha value is -3.57. The van der Waals surface area contributed by atoms with Crippen LogP contribution in [0.3, 0.4) is 0 Å². The molecule has 0 aliphatic carbocycles. The topological polar surface area (TPSA) is 77.8 Å². The van der Waals surface area contributed by atoms with Gasteiger partial charge in [-0.1, -0.05) is 53.6 Å². The number of aliphatic hydroxyl groups excluding tert-OH is 1. The number of nitrogens with zero attached hydrogens (tertiary/aromatic N) is 1. The zero-order valence-corrected chi connectivity index (χ0v) is 17.7. The van der Waals surface area contributed by atoms with Crippen LogP contribution in [0.15, 0.2) is 72.3 Å². The lowest BCUT2D eigenvalue weighted by molar-refractivity contribution is -0.132. The van der Waals surface area contributed by atoms with Gasteiger partial charge in [0.1, 0.15) is 11.5 Å². The molecular formula is C25H20ClNO4. The average molecular weight is 434 g/mol. The van der Waals surface area contributed by atoms with E-state index in [0.717, 1.165) is 11.1 Å². The number of rotatable bonds is 3. The summed E-state index contributed by atoms with van der Waals surface area (Å²) in [6.07, 6.45) is 0. The molecule has 1 saturated heterocycles. The Labute approximate surface area is 184 Å². The molecule has 1 amide bonds. The molecule has 156 valence electrons. The highest BCUT2D eigenvalue weighted by Crippen LogP contribution is 2.43. The molecule has 4 rings (SSSR count). The van der Waals surface area contributed by atoms with Crippen LogP contribution in [-0.2, 0) is 9.59 Å². The van der Waals surface area contributed by atoms with Crippen LogP contribution in [0.2, 0.25) is 5.02 Å². The maximum absolute atomic E-state index is 13.2. The number of aryl methyl sites for hydroxylation is 2. The minimum atomic E-state index is -0.860. The summed E-state index contributed by atoms with van der Waals surface area (Å²) in [6.45, 7) is 3.81. The lowest BCUT2D eigenvalue weighted by Gasteiger charge is -2.27. The summed E-state index contributed by atoms with van der Waals surface area (Å²) in [5, 5.41) is 21.2. The van der Waals surface area contributed by atoms with E-state index in [9.17, 15) is 19.8 Å². The van der Waals surface area contributed by atoms with Crippen molar-refractivity contribution in [3.63, 3.8) is 0 Å². The molecule has 3 aromatic rings. The Balaban J connectivity index is 1.97. The lowest BCUT2D eigenvalue weighted by atomic mass is 9.94. The number of aliphatic hydroxyl groups is 1. The van der Waals surface area contributed by atoms with E-state index >= 15 is 0 Å². The van der Waals surface area contributed by atoms with Crippen LogP contribution in [0.1, 0.15) is 28.3 Å². The monoisotopic (exact) mass is 433 g/mol. The highest BCUT2D eigenvalue weighted by molar-refractivity contribution is 6.51. The number of halogens is 1. The van der Waals surface area contributed by atoms with Gasteiger partial charge >= 0.3 is 0 Å². The molecule has 1 fully saturated rings. The SMILES string of the molecule is Cc1ccc(N2C(=O)C(=O)/C(=C(/O)c3cccc(Cl)c3)C2c2ccc(O)cc2)c(C)c1. The molecule has 6 heteroatoms. The molecule has 0 spiro atoms. The molecule has 1 aliphatic heterocycles. The van der Waals surface area contributed by atoms with Gasteiger partial charge in [-0.15, -0.1) is 0 Å². The molecule has 0 aromatic heterocycles. The van der Waals surface area contributed by atoms with Gasteiger partial charge in [0, 0.05) is 16.3 Å². The Kier molecular flexibility index (Phi) is 5.29. The number of anilines is 1. The van der Waals surface area contributed by atoms with E-state index in [1.165, 1.54) is 23.1 Å². The van der Waals surface area contributed by atoms with E-state index in [0.29, 0.717) is 21.8 Å². The fraction of sp³-hybridized carbons (Fsp3) is 0.120. The summed E-state index contributed by atoms with van der Waals surface area (Å²) >= 11 is 6.07. The summed E-state index contributed by atoms with van der Waals surface area (Å²) in [7, 11) is 0. The van der Waals surface area contributed by atoms with Crippen LogP contribution in [0.25, 0.3) is 5.76 Å². The van der Waals surface area contributed by atoms with E-state index in [1.807, 2.05) is 26.0 Å². The number of carbonyl (C=O) groups excluding carboxylic acids is 2. The lowest BCUT2D eigenvalue weighted by Crippen LogP contribution is -2.30. The number of phenols is 1. The average Bonchev–Trinajstić information content (AvgIpc) is 2.99. The van der Waals surface area contributed by atoms with E-state index < -0.39 is 17.7 Å². The molecule has 1 heterocycles. The van der Waals surface area contributed by atoms with E-state index in [2.05, 4.69) is 0 Å². The van der Waals surface area contributed by atoms with Crippen molar-refractivity contribution in [2.45, 2.75) is 19.9 Å². The second-order valence-corrected chi connectivity index (χ2v) is 8.00. The van der Waals surface area contributed by atoms with Gasteiger partial charge in [-0.25, -0.2) is 0 Å². The van der Waals surface area contributed by atoms with Crippen LogP contribution >= 0.6 is 11.6 Å². The maximum Gasteiger partial charge on any atom is 0.300 e. The number of Topliss-reactive ketones (excluding diaryl/α,β-unsaturated/α-hetero) is 1. The van der Waals surface area contributed by atoms with E-state index in [1.54, 1.807) is 36.4 Å². The fourth-order valence-corrected chi connectivity index (χ4v) is 4.11. The van der Waals surface area contributed by atoms with Crippen molar-refractivity contribution in [2.75, 3.05) is 4.90 Å². The molecule has 2 N–H and O–H groups in total. The fourth-order valence-electron chi connectivity index (χ4n) is 3.92. The summed E-state index contributed by atoms with van der Waals surface area (Å²) in [4.78, 5) is 27.7. The van der Waals surface area contributed by atoms with Gasteiger partial charge in [0.05, 0.1) is 11.6 Å². The van der Waals surface area contributed by atoms with Crippen LogP contribution < -0.4 is 4.90 Å². The smallest absolute Gasteiger partial charge is 0.300 e. The second kappa shape index (κ2) is 7.93. The molecule has 0 saturated carbocycles. The first-order chi connectivity index (χ1) is 14.8. The van der Waals surface area contributed by atoms with Gasteiger partial charge in [0.2, 0.25) is 0 Å². The van der Waals surface area contributed by atoms with Crippen molar-refractivity contribution >= 4 is 34.7 Å². The van der Waals surface area contributed by atoms with E-state index in [4.69, 9.17) is 11.6 Å². The number of hydrogen-bond donors (Lipinski definition) is 2. The molecule has 1 aliphatic rings. The number of carbonyl (C=O) groups is 2. The minimum absolute atomic E-state index is 0.0297. The predicted molar refractivity (Wildman–Crippen MR) is 120 cm³/mol. The van der Waals surface area contributed by atoms with Crippen molar-refractivity contribution < 1.29 is 19.8 Å². The third-order valence-corrected chi connectivity index (χ3v) is 5.60. The summed E-state index contributed by atoms with van der Waals surface area (Å²) in [5.41, 5.74) is 3.33. The van der Waals surface area contributed by atoms with Crippen molar-refractivity contribution in [2.24, 2.45) is 0 Å². The van der Waals surface area contributed by atoms with Gasteiger partial charge in [0.25, 0.3) is 11.7 Å². The number of ketones is 1. The van der Waals surface area contributed by atoms with Crippen LogP contribution in [0, 0.1) is 13.8 Å². The van der Waals surface area contributed by atoms with Crippen molar-refractivity contribution in [3.05, 3.63) is 99.6 Å². The molecular weight excluding hydrogens is 414 g/mol. The number of phenolic OH excluding ortho intramolecular Hbond substituents is 1. The Morgan fingerprint density at radius 3 is 2.32 bits per heavy atom. The molecule has 3 aromatic carbocycles. The third kappa shape index (κ3) is 3.68. The molecule has 31 heavy (non-hydrogen) atoms. The minimum Gasteiger partial charge on any atom is -0.508 e. The summed E-state index contributed by atoms with van der Waals surface area (Å²) < 4.78 is 0. The normalized spacial score (nSPS) is 17.9. The van der Waals surface area contributed by atoms with Crippen molar-refractivity contribution in [1.82, 2.24) is 0 Å². The van der Waals surface area contributed by atoms with Crippen LogP contribution in [0.4, 0.5) is 5.69 Å². The van der Waals surface area contributed by atoms with Gasteiger partial charge in [0.15, 0.2) is 0 Å². The van der Waals surface area contributed by atoms with Gasteiger partial charge in [-0.2, -0.15) is 0 Å². The largest absolute Gasteiger partial charge is 0.508 e. The second-order valence-electron chi connectivity index (χ2n) is 7.56. The summed E-state index contributed by atoms with van der Waals surface area (Å²) in [5.74, 6) is -1.75. The molecule has 1 unspecified atom stereocenters. The van der Waals surface area contributed by atoms with Gasteiger partial charge < -0.3 is 10.2 Å². The summed E-state index contributed by atoms with van der Waals surface area (Å²) in [6, 6.07) is 17.4. The Morgan fingerprint density at radius 2 is 1.68 bits per heavy atom. The molecule has 1 atom stereocenters. The highest BCUT2D eigenvalue weighted by atomic mass is 35.5. The maximum atomic E-state index is 13.2. The van der Waals surface area contributed by atoms with E-state index in [-0.39, 0.29) is 17.1 Å². The number of amides is 1. The molecule has 0 radical (unpaired) electrons. The van der Waals surface area contributed by atoms with Crippen molar-refractivity contribution in [3.8, 4) is 5.75 Å².